The van der Waals surface area contributed by atoms with E-state index in [1.807, 2.05) is 36.4 Å². The summed E-state index contributed by atoms with van der Waals surface area (Å²) in [4.78, 5) is 13.9. The van der Waals surface area contributed by atoms with Crippen LogP contribution >= 0.6 is 0 Å². The normalized spacial score (nSPS) is 17.0. The number of benzene rings is 2. The van der Waals surface area contributed by atoms with E-state index in [1.165, 1.54) is 5.69 Å². The van der Waals surface area contributed by atoms with Crippen LogP contribution in [-0.4, -0.2) is 66.4 Å². The molecule has 0 atom stereocenters. The Balaban J connectivity index is 1.25. The first-order valence-electron chi connectivity index (χ1n) is 13.1. The Kier molecular flexibility index (Phi) is 7.83. The Hall–Kier alpha value is -3.67. The topological polar surface area (TPSA) is 86.5 Å². The minimum absolute atomic E-state index is 0.137. The summed E-state index contributed by atoms with van der Waals surface area (Å²) >= 11 is 0. The summed E-state index contributed by atoms with van der Waals surface area (Å²) in [6.45, 7) is 9.84. The Morgan fingerprint density at radius 1 is 1.03 bits per heavy atom. The average Bonchev–Trinajstić information content (AvgIpc) is 2.94. The molecule has 37 heavy (non-hydrogen) atoms. The number of ether oxygens (including phenoxy) is 2. The molecule has 3 heterocycles. The second kappa shape index (κ2) is 11.6. The Morgan fingerprint density at radius 2 is 1.78 bits per heavy atom. The number of morpholine rings is 1. The fourth-order valence-electron chi connectivity index (χ4n) is 4.85. The van der Waals surface area contributed by atoms with Crippen LogP contribution in [0.2, 0.25) is 0 Å². The van der Waals surface area contributed by atoms with Crippen LogP contribution in [0.1, 0.15) is 32.3 Å². The fraction of sp³-hybridized carbons (Fsp3) is 0.414. The summed E-state index contributed by atoms with van der Waals surface area (Å²) in [5.74, 6) is 1.15. The van der Waals surface area contributed by atoms with Crippen LogP contribution in [0.4, 0.5) is 17.3 Å². The maximum Gasteiger partial charge on any atom is 0.227 e. The molecule has 2 fully saturated rings. The van der Waals surface area contributed by atoms with Crippen molar-refractivity contribution in [3.8, 4) is 23.1 Å². The maximum atomic E-state index is 9.81. The Bertz CT molecular complexity index is 1230. The Labute approximate surface area is 218 Å². The second-order valence-electron chi connectivity index (χ2n) is 9.81. The van der Waals surface area contributed by atoms with Gasteiger partial charge in [-0.2, -0.15) is 5.26 Å². The molecule has 2 saturated heterocycles. The van der Waals surface area contributed by atoms with Gasteiger partial charge in [-0.05, 0) is 75.2 Å². The lowest BCUT2D eigenvalue weighted by Crippen LogP contribution is -2.41. The summed E-state index contributed by atoms with van der Waals surface area (Å²) in [6.07, 6.45) is 3.81. The lowest BCUT2D eigenvalue weighted by atomic mass is 10.0. The van der Waals surface area contributed by atoms with Gasteiger partial charge in [0, 0.05) is 55.4 Å². The van der Waals surface area contributed by atoms with Crippen LogP contribution in [0.15, 0.2) is 54.7 Å². The summed E-state index contributed by atoms with van der Waals surface area (Å²) in [7, 11) is 0. The average molecular weight is 499 g/mol. The Morgan fingerprint density at radius 3 is 2.49 bits per heavy atom. The molecule has 1 aromatic heterocycles. The minimum Gasteiger partial charge on any atom is -0.489 e. The van der Waals surface area contributed by atoms with Crippen LogP contribution < -0.4 is 15.0 Å². The van der Waals surface area contributed by atoms with Crippen LogP contribution in [0, 0.1) is 11.3 Å². The van der Waals surface area contributed by atoms with E-state index in [9.17, 15) is 5.26 Å². The minimum atomic E-state index is 0.137. The number of anilines is 3. The molecule has 0 saturated carbocycles. The largest absolute Gasteiger partial charge is 0.489 e. The third-order valence-corrected chi connectivity index (χ3v) is 7.05. The second-order valence-corrected chi connectivity index (χ2v) is 9.81. The van der Waals surface area contributed by atoms with E-state index in [0.29, 0.717) is 23.3 Å². The van der Waals surface area contributed by atoms with E-state index in [2.05, 4.69) is 52.2 Å². The van der Waals surface area contributed by atoms with E-state index >= 15 is 0 Å². The SMILES string of the molecule is CC(C)N1CCC(Oc2ccc(-c3ccnc(Nc4ccc(N5CCOCC5)cc4)n3)cc2C#N)CC1. The number of likely N-dealkylation sites (tertiary alicyclic amines) is 1. The van der Waals surface area contributed by atoms with Gasteiger partial charge in [0.15, 0.2) is 0 Å². The van der Waals surface area contributed by atoms with Gasteiger partial charge in [-0.1, -0.05) is 0 Å². The molecule has 0 bridgehead atoms. The molecule has 0 radical (unpaired) electrons. The van der Waals surface area contributed by atoms with Gasteiger partial charge in [-0.25, -0.2) is 9.97 Å². The van der Waals surface area contributed by atoms with Crippen molar-refractivity contribution in [2.45, 2.75) is 38.8 Å². The molecule has 0 unspecified atom stereocenters. The molecule has 0 spiro atoms. The van der Waals surface area contributed by atoms with E-state index < -0.39 is 0 Å². The molecule has 2 aliphatic heterocycles. The van der Waals surface area contributed by atoms with Crippen molar-refractivity contribution in [2.75, 3.05) is 49.6 Å². The zero-order valence-corrected chi connectivity index (χ0v) is 21.6. The number of nitrogens with one attached hydrogen (secondary N) is 1. The summed E-state index contributed by atoms with van der Waals surface area (Å²) in [5, 5.41) is 13.1. The smallest absolute Gasteiger partial charge is 0.227 e. The highest BCUT2D eigenvalue weighted by Crippen LogP contribution is 2.29. The van der Waals surface area contributed by atoms with Gasteiger partial charge < -0.3 is 24.6 Å². The third-order valence-electron chi connectivity index (χ3n) is 7.05. The molecule has 192 valence electrons. The molecule has 5 rings (SSSR count). The van der Waals surface area contributed by atoms with Crippen LogP contribution in [0.5, 0.6) is 5.75 Å². The molecular weight excluding hydrogens is 464 g/mol. The molecule has 3 aromatic rings. The third kappa shape index (κ3) is 6.19. The van der Waals surface area contributed by atoms with Crippen LogP contribution in [-0.2, 0) is 4.74 Å². The molecule has 0 aliphatic carbocycles. The number of hydrogen-bond acceptors (Lipinski definition) is 8. The highest BCUT2D eigenvalue weighted by Gasteiger charge is 2.23. The van der Waals surface area contributed by atoms with Gasteiger partial charge in [0.2, 0.25) is 5.95 Å². The summed E-state index contributed by atoms with van der Waals surface area (Å²) in [6, 6.07) is 18.7. The van der Waals surface area contributed by atoms with E-state index in [-0.39, 0.29) is 6.10 Å². The van der Waals surface area contributed by atoms with Crippen LogP contribution in [0.3, 0.4) is 0 Å². The van der Waals surface area contributed by atoms with Crippen molar-refractivity contribution >= 4 is 17.3 Å². The van der Waals surface area contributed by atoms with E-state index in [4.69, 9.17) is 14.5 Å². The quantitative estimate of drug-likeness (QED) is 0.495. The number of nitrogens with zero attached hydrogens (tertiary/aromatic N) is 5. The van der Waals surface area contributed by atoms with Crippen molar-refractivity contribution in [1.82, 2.24) is 14.9 Å². The zero-order chi connectivity index (χ0) is 25.6. The van der Waals surface area contributed by atoms with Crippen molar-refractivity contribution < 1.29 is 9.47 Å². The predicted molar refractivity (Wildman–Crippen MR) is 145 cm³/mol. The lowest BCUT2D eigenvalue weighted by Gasteiger charge is -2.34. The zero-order valence-electron chi connectivity index (χ0n) is 21.6. The molecule has 2 aromatic carbocycles. The van der Waals surface area contributed by atoms with Gasteiger partial charge in [-0.15, -0.1) is 0 Å². The molecular formula is C29H34N6O2. The van der Waals surface area contributed by atoms with Crippen molar-refractivity contribution in [3.63, 3.8) is 0 Å². The monoisotopic (exact) mass is 498 g/mol. The molecule has 8 nitrogen and oxygen atoms in total. The van der Waals surface area contributed by atoms with Gasteiger partial charge in [0.1, 0.15) is 17.9 Å². The predicted octanol–water partition coefficient (Wildman–Crippen LogP) is 4.85. The van der Waals surface area contributed by atoms with Crippen molar-refractivity contribution in [2.24, 2.45) is 0 Å². The number of rotatable bonds is 7. The van der Waals surface area contributed by atoms with Crippen LogP contribution in [0.25, 0.3) is 11.3 Å². The number of piperidine rings is 1. The number of hydrogen-bond donors (Lipinski definition) is 1. The van der Waals surface area contributed by atoms with Gasteiger partial charge in [0.25, 0.3) is 0 Å². The summed E-state index contributed by atoms with van der Waals surface area (Å²) < 4.78 is 11.7. The summed E-state index contributed by atoms with van der Waals surface area (Å²) in [5.41, 5.74) is 4.22. The number of aromatic nitrogens is 2. The maximum absolute atomic E-state index is 9.81. The highest BCUT2D eigenvalue weighted by atomic mass is 16.5. The van der Waals surface area contributed by atoms with Crippen molar-refractivity contribution in [1.29, 1.82) is 5.26 Å². The van der Waals surface area contributed by atoms with Gasteiger partial charge in [-0.3, -0.25) is 0 Å². The first-order valence-corrected chi connectivity index (χ1v) is 13.1. The van der Waals surface area contributed by atoms with E-state index in [0.717, 1.165) is 69.2 Å². The molecule has 1 N–H and O–H groups in total. The highest BCUT2D eigenvalue weighted by molar-refractivity contribution is 5.66. The fourth-order valence-corrected chi connectivity index (χ4v) is 4.85. The number of nitriles is 1. The van der Waals surface area contributed by atoms with Gasteiger partial charge >= 0.3 is 0 Å². The van der Waals surface area contributed by atoms with Gasteiger partial charge in [0.05, 0.1) is 24.5 Å². The van der Waals surface area contributed by atoms with E-state index in [1.54, 1.807) is 6.20 Å². The first-order chi connectivity index (χ1) is 18.1. The molecule has 8 heteroatoms. The van der Waals surface area contributed by atoms with Crippen molar-refractivity contribution in [3.05, 3.63) is 60.3 Å². The molecule has 0 amide bonds. The first kappa shape index (κ1) is 25.0. The lowest BCUT2D eigenvalue weighted by molar-refractivity contribution is 0.0841. The standard InChI is InChI=1S/C29H34N6O2/c1-21(2)34-13-10-26(11-14-34)37-28-8-3-22(19-23(28)20-30)27-9-12-31-29(33-27)32-24-4-6-25(7-5-24)35-15-17-36-18-16-35/h3-9,12,19,21,26H,10-11,13-18H2,1-2H3,(H,31,32,33). The molecule has 2 aliphatic rings.